The molecule has 0 unspecified atom stereocenters. The fourth-order valence-electron chi connectivity index (χ4n) is 3.15. The molecular formula is C25H22N2O4S. The minimum absolute atomic E-state index is 0.212. The second-order valence-corrected chi connectivity index (χ2v) is 9.02. The number of likely N-dealkylation sites (N-methyl/N-ethyl adjacent to an activating group) is 1. The van der Waals surface area contributed by atoms with E-state index in [-0.39, 0.29) is 28.7 Å². The van der Waals surface area contributed by atoms with Crippen LogP contribution in [0.4, 0.5) is 5.69 Å². The normalized spacial score (nSPS) is 10.8. The zero-order valence-corrected chi connectivity index (χ0v) is 18.3. The maximum absolute atomic E-state index is 13.3. The molecule has 0 bridgehead atoms. The predicted molar refractivity (Wildman–Crippen MR) is 124 cm³/mol. The van der Waals surface area contributed by atoms with Gasteiger partial charge in [0.1, 0.15) is 6.54 Å². The Balaban J connectivity index is 1.93. The summed E-state index contributed by atoms with van der Waals surface area (Å²) in [5.74, 6) is 1.47. The number of amides is 2. The van der Waals surface area contributed by atoms with E-state index in [4.69, 9.17) is 6.42 Å². The summed E-state index contributed by atoms with van der Waals surface area (Å²) >= 11 is 0. The molecule has 7 heteroatoms. The van der Waals surface area contributed by atoms with Crippen molar-refractivity contribution in [2.24, 2.45) is 0 Å². The first-order chi connectivity index (χ1) is 15.3. The fraction of sp³-hybridized carbons (Fsp3) is 0.120. The van der Waals surface area contributed by atoms with Gasteiger partial charge in [0.15, 0.2) is 9.84 Å². The van der Waals surface area contributed by atoms with Gasteiger partial charge in [-0.2, -0.15) is 0 Å². The van der Waals surface area contributed by atoms with Crippen molar-refractivity contribution in [1.82, 2.24) is 5.32 Å². The lowest BCUT2D eigenvalue weighted by Gasteiger charge is -2.22. The highest BCUT2D eigenvalue weighted by Crippen LogP contribution is 2.21. The number of nitrogens with zero attached hydrogens (tertiary/aromatic N) is 1. The molecule has 0 fully saturated rings. The van der Waals surface area contributed by atoms with E-state index < -0.39 is 15.7 Å². The second-order valence-electron chi connectivity index (χ2n) is 7.03. The largest absolute Gasteiger partial charge is 0.358 e. The minimum atomic E-state index is -3.57. The average Bonchev–Trinajstić information content (AvgIpc) is 2.82. The zero-order valence-electron chi connectivity index (χ0n) is 17.5. The number of benzene rings is 3. The lowest BCUT2D eigenvalue weighted by atomic mass is 10.1. The van der Waals surface area contributed by atoms with E-state index in [9.17, 15) is 18.0 Å². The zero-order chi connectivity index (χ0) is 23.1. The molecule has 32 heavy (non-hydrogen) atoms. The Hall–Kier alpha value is -3.89. The molecule has 0 saturated heterocycles. The topological polar surface area (TPSA) is 83.6 Å². The molecule has 0 aliphatic rings. The number of hydrogen-bond acceptors (Lipinski definition) is 4. The van der Waals surface area contributed by atoms with Crippen LogP contribution in [0.1, 0.15) is 21.5 Å². The fourth-order valence-corrected chi connectivity index (χ4v) is 4.50. The van der Waals surface area contributed by atoms with E-state index in [0.29, 0.717) is 16.8 Å². The second kappa shape index (κ2) is 9.94. The molecule has 0 heterocycles. The molecule has 0 aliphatic heterocycles. The summed E-state index contributed by atoms with van der Waals surface area (Å²) in [7, 11) is -2.09. The number of sulfone groups is 1. The lowest BCUT2D eigenvalue weighted by molar-refractivity contribution is -0.119. The molecule has 0 saturated carbocycles. The summed E-state index contributed by atoms with van der Waals surface area (Å²) in [6, 6.07) is 21.3. The van der Waals surface area contributed by atoms with E-state index >= 15 is 0 Å². The van der Waals surface area contributed by atoms with Crippen molar-refractivity contribution >= 4 is 27.3 Å². The van der Waals surface area contributed by atoms with Crippen LogP contribution >= 0.6 is 0 Å². The third-order valence-electron chi connectivity index (χ3n) is 4.78. The van der Waals surface area contributed by atoms with Crippen molar-refractivity contribution < 1.29 is 18.0 Å². The standard InChI is InChI=1S/C25H22N2O4S/c1-3-19-9-8-12-22(16-19)27(17-24(28)26-2)25(29)21-11-7-10-20(15-21)18-32(30,31)23-13-5-4-6-14-23/h1,4-16H,17-18H2,2H3,(H,26,28). The first-order valence-corrected chi connectivity index (χ1v) is 11.4. The van der Waals surface area contributed by atoms with E-state index in [1.165, 1.54) is 30.1 Å². The van der Waals surface area contributed by atoms with Gasteiger partial charge in [-0.15, -0.1) is 6.42 Å². The minimum Gasteiger partial charge on any atom is -0.358 e. The van der Waals surface area contributed by atoms with E-state index in [1.807, 2.05) is 0 Å². The Morgan fingerprint density at radius 2 is 1.69 bits per heavy atom. The van der Waals surface area contributed by atoms with E-state index in [2.05, 4.69) is 11.2 Å². The summed E-state index contributed by atoms with van der Waals surface area (Å²) in [5.41, 5.74) is 1.77. The maximum atomic E-state index is 13.3. The van der Waals surface area contributed by atoms with Gasteiger partial charge in [0.2, 0.25) is 5.91 Å². The highest BCUT2D eigenvalue weighted by atomic mass is 32.2. The number of anilines is 1. The summed E-state index contributed by atoms with van der Waals surface area (Å²) in [6.45, 7) is -0.212. The summed E-state index contributed by atoms with van der Waals surface area (Å²) < 4.78 is 25.5. The van der Waals surface area contributed by atoms with Gasteiger partial charge in [0, 0.05) is 23.9 Å². The molecule has 3 aromatic carbocycles. The van der Waals surface area contributed by atoms with Gasteiger partial charge in [-0.25, -0.2) is 8.42 Å². The average molecular weight is 447 g/mol. The van der Waals surface area contributed by atoms with Gasteiger partial charge < -0.3 is 5.32 Å². The summed E-state index contributed by atoms with van der Waals surface area (Å²) in [4.78, 5) is 26.9. The van der Waals surface area contributed by atoms with Crippen molar-refractivity contribution in [2.75, 3.05) is 18.5 Å². The molecule has 3 rings (SSSR count). The lowest BCUT2D eigenvalue weighted by Crippen LogP contribution is -2.39. The molecule has 162 valence electrons. The van der Waals surface area contributed by atoms with Crippen molar-refractivity contribution in [1.29, 1.82) is 0 Å². The van der Waals surface area contributed by atoms with Gasteiger partial charge >= 0.3 is 0 Å². The van der Waals surface area contributed by atoms with Gasteiger partial charge in [-0.05, 0) is 48.0 Å². The van der Waals surface area contributed by atoms with E-state index in [0.717, 1.165) is 0 Å². The van der Waals surface area contributed by atoms with Crippen molar-refractivity contribution in [3.63, 3.8) is 0 Å². The SMILES string of the molecule is C#Cc1cccc(N(CC(=O)NC)C(=O)c2cccc(CS(=O)(=O)c3ccccc3)c2)c1. The van der Waals surface area contributed by atoms with Crippen LogP contribution in [0.15, 0.2) is 83.8 Å². The van der Waals surface area contributed by atoms with Crippen LogP contribution in [-0.2, 0) is 20.4 Å². The molecular weight excluding hydrogens is 424 g/mol. The molecule has 1 N–H and O–H groups in total. The Kier molecular flexibility index (Phi) is 7.08. The van der Waals surface area contributed by atoms with Crippen LogP contribution in [0.25, 0.3) is 0 Å². The highest BCUT2D eigenvalue weighted by molar-refractivity contribution is 7.90. The Morgan fingerprint density at radius 3 is 2.38 bits per heavy atom. The first-order valence-electron chi connectivity index (χ1n) is 9.80. The Morgan fingerprint density at radius 1 is 0.969 bits per heavy atom. The van der Waals surface area contributed by atoms with Crippen molar-refractivity contribution in [3.05, 3.63) is 95.6 Å². The third-order valence-corrected chi connectivity index (χ3v) is 6.49. The quantitative estimate of drug-likeness (QED) is 0.566. The molecule has 2 amide bonds. The van der Waals surface area contributed by atoms with Crippen LogP contribution in [0.2, 0.25) is 0 Å². The van der Waals surface area contributed by atoms with Crippen LogP contribution in [-0.4, -0.2) is 33.8 Å². The number of nitrogens with one attached hydrogen (secondary N) is 1. The highest BCUT2D eigenvalue weighted by Gasteiger charge is 2.22. The first kappa shape index (κ1) is 22.8. The molecule has 6 nitrogen and oxygen atoms in total. The number of carbonyl (C=O) groups is 2. The summed E-state index contributed by atoms with van der Waals surface area (Å²) in [6.07, 6.45) is 5.47. The number of hydrogen-bond donors (Lipinski definition) is 1. The molecule has 0 aromatic heterocycles. The van der Waals surface area contributed by atoms with Gasteiger partial charge in [-0.1, -0.05) is 42.3 Å². The van der Waals surface area contributed by atoms with Crippen LogP contribution in [0.5, 0.6) is 0 Å². The number of terminal acetylenes is 1. The summed E-state index contributed by atoms with van der Waals surface area (Å²) in [5, 5.41) is 2.51. The van der Waals surface area contributed by atoms with Crippen molar-refractivity contribution in [2.45, 2.75) is 10.6 Å². The number of carbonyl (C=O) groups excluding carboxylic acids is 2. The smallest absolute Gasteiger partial charge is 0.258 e. The van der Waals surface area contributed by atoms with Crippen LogP contribution in [0.3, 0.4) is 0 Å². The number of rotatable bonds is 7. The van der Waals surface area contributed by atoms with Crippen LogP contribution in [0, 0.1) is 12.3 Å². The predicted octanol–water partition coefficient (Wildman–Crippen LogP) is 3.03. The Bertz CT molecular complexity index is 1280. The van der Waals surface area contributed by atoms with E-state index in [1.54, 1.807) is 60.7 Å². The molecule has 3 aromatic rings. The van der Waals surface area contributed by atoms with Crippen LogP contribution < -0.4 is 10.2 Å². The Labute approximate surface area is 187 Å². The van der Waals surface area contributed by atoms with Crippen molar-refractivity contribution in [3.8, 4) is 12.3 Å². The van der Waals surface area contributed by atoms with Gasteiger partial charge in [-0.3, -0.25) is 14.5 Å². The maximum Gasteiger partial charge on any atom is 0.258 e. The molecule has 0 atom stereocenters. The monoisotopic (exact) mass is 446 g/mol. The molecule has 0 radical (unpaired) electrons. The van der Waals surface area contributed by atoms with Gasteiger partial charge in [0.05, 0.1) is 10.6 Å². The molecule has 0 spiro atoms. The van der Waals surface area contributed by atoms with Gasteiger partial charge in [0.25, 0.3) is 5.91 Å². The molecule has 0 aliphatic carbocycles. The third kappa shape index (κ3) is 5.42.